The van der Waals surface area contributed by atoms with Crippen LogP contribution in [-0.2, 0) is 6.42 Å². The maximum absolute atomic E-state index is 8.69. The van der Waals surface area contributed by atoms with Crippen molar-refractivity contribution in [2.45, 2.75) is 20.3 Å². The summed E-state index contributed by atoms with van der Waals surface area (Å²) in [5, 5.41) is 8.69. The molecule has 18 heavy (non-hydrogen) atoms. The van der Waals surface area contributed by atoms with Gasteiger partial charge in [-0.3, -0.25) is 0 Å². The van der Waals surface area contributed by atoms with Gasteiger partial charge < -0.3 is 15.4 Å². The number of nitrogens with two attached hydrogens (primary N) is 1. The largest absolute Gasteiger partial charge is 0.492 e. The fourth-order valence-electron chi connectivity index (χ4n) is 1.74. The number of rotatable bonds is 7. The molecule has 0 aromatic heterocycles. The minimum Gasteiger partial charge on any atom is -0.492 e. The summed E-state index contributed by atoms with van der Waals surface area (Å²) in [6.07, 6.45) is 0.319. The molecule has 0 aliphatic carbocycles. The van der Waals surface area contributed by atoms with E-state index in [0.717, 1.165) is 30.9 Å². The standard InChI is InChI=1S/C14H21N3O/c1-3-17(4-2)9-10-18-13-5-6-14(16)12(11-13)7-8-15/h5-6,11H,3-4,7,9-10,16H2,1-2H3. The Balaban J connectivity index is 2.52. The summed E-state index contributed by atoms with van der Waals surface area (Å²) in [6.45, 7) is 7.89. The van der Waals surface area contributed by atoms with Gasteiger partial charge in [0.2, 0.25) is 0 Å². The molecule has 4 heteroatoms. The van der Waals surface area contributed by atoms with Gasteiger partial charge in [-0.15, -0.1) is 0 Å². The van der Waals surface area contributed by atoms with Gasteiger partial charge in [0.25, 0.3) is 0 Å². The van der Waals surface area contributed by atoms with Crippen LogP contribution in [0.5, 0.6) is 5.75 Å². The van der Waals surface area contributed by atoms with Crippen LogP contribution in [0, 0.1) is 11.3 Å². The summed E-state index contributed by atoms with van der Waals surface area (Å²) < 4.78 is 5.68. The highest BCUT2D eigenvalue weighted by molar-refractivity contribution is 5.51. The molecule has 0 fully saturated rings. The lowest BCUT2D eigenvalue weighted by atomic mass is 10.1. The zero-order chi connectivity index (χ0) is 13.4. The summed E-state index contributed by atoms with van der Waals surface area (Å²) in [6, 6.07) is 7.59. The van der Waals surface area contributed by atoms with Crippen molar-refractivity contribution in [3.8, 4) is 11.8 Å². The third-order valence-corrected chi connectivity index (χ3v) is 2.95. The molecule has 0 radical (unpaired) electrons. The Hall–Kier alpha value is -1.73. The van der Waals surface area contributed by atoms with Gasteiger partial charge in [-0.2, -0.15) is 5.26 Å². The fourth-order valence-corrected chi connectivity index (χ4v) is 1.74. The number of nitrogens with zero attached hydrogens (tertiary/aromatic N) is 2. The maximum Gasteiger partial charge on any atom is 0.119 e. The van der Waals surface area contributed by atoms with Crippen LogP contribution < -0.4 is 10.5 Å². The van der Waals surface area contributed by atoms with Gasteiger partial charge in [0.1, 0.15) is 12.4 Å². The van der Waals surface area contributed by atoms with Crippen molar-refractivity contribution in [1.82, 2.24) is 4.90 Å². The second-order valence-corrected chi connectivity index (χ2v) is 4.07. The van der Waals surface area contributed by atoms with E-state index in [2.05, 4.69) is 24.8 Å². The number of hydrogen-bond donors (Lipinski definition) is 1. The lowest BCUT2D eigenvalue weighted by molar-refractivity contribution is 0.223. The lowest BCUT2D eigenvalue weighted by Crippen LogP contribution is -2.27. The van der Waals surface area contributed by atoms with Crippen LogP contribution in [0.25, 0.3) is 0 Å². The molecule has 1 rings (SSSR count). The quantitative estimate of drug-likeness (QED) is 0.749. The van der Waals surface area contributed by atoms with Gasteiger partial charge in [-0.05, 0) is 36.9 Å². The highest BCUT2D eigenvalue weighted by Crippen LogP contribution is 2.20. The average molecular weight is 247 g/mol. The molecule has 0 aliphatic rings. The van der Waals surface area contributed by atoms with Crippen molar-refractivity contribution in [1.29, 1.82) is 5.26 Å². The first-order valence-corrected chi connectivity index (χ1v) is 6.31. The second-order valence-electron chi connectivity index (χ2n) is 4.07. The second kappa shape index (κ2) is 7.57. The molecule has 2 N–H and O–H groups in total. The van der Waals surface area contributed by atoms with Gasteiger partial charge in [-0.25, -0.2) is 0 Å². The van der Waals surface area contributed by atoms with E-state index in [9.17, 15) is 0 Å². The summed E-state index contributed by atoms with van der Waals surface area (Å²) in [4.78, 5) is 2.30. The van der Waals surface area contributed by atoms with E-state index in [0.29, 0.717) is 18.7 Å². The maximum atomic E-state index is 8.69. The molecule has 0 spiro atoms. The molecule has 0 bridgehead atoms. The Morgan fingerprint density at radius 1 is 1.33 bits per heavy atom. The highest BCUT2D eigenvalue weighted by Gasteiger charge is 2.03. The number of nitrogen functional groups attached to an aromatic ring is 1. The summed E-state index contributed by atoms with van der Waals surface area (Å²) in [7, 11) is 0. The first-order chi connectivity index (χ1) is 8.71. The van der Waals surface area contributed by atoms with Crippen molar-refractivity contribution >= 4 is 5.69 Å². The van der Waals surface area contributed by atoms with E-state index < -0.39 is 0 Å². The molecule has 1 aromatic rings. The Kier molecular flexibility index (Phi) is 6.03. The van der Waals surface area contributed by atoms with Crippen molar-refractivity contribution in [3.05, 3.63) is 23.8 Å². The van der Waals surface area contributed by atoms with Crippen LogP contribution in [0.2, 0.25) is 0 Å². The van der Waals surface area contributed by atoms with Crippen molar-refractivity contribution in [2.24, 2.45) is 0 Å². The number of likely N-dealkylation sites (N-methyl/N-ethyl adjacent to an activating group) is 1. The molecule has 4 nitrogen and oxygen atoms in total. The normalized spacial score (nSPS) is 10.3. The minimum atomic E-state index is 0.319. The highest BCUT2D eigenvalue weighted by atomic mass is 16.5. The Bertz CT molecular complexity index is 408. The topological polar surface area (TPSA) is 62.3 Å². The summed E-state index contributed by atoms with van der Waals surface area (Å²) in [5.74, 6) is 0.779. The van der Waals surface area contributed by atoms with E-state index in [-0.39, 0.29) is 0 Å². The van der Waals surface area contributed by atoms with Gasteiger partial charge in [0.05, 0.1) is 12.5 Å². The van der Waals surface area contributed by atoms with Crippen LogP contribution in [0.4, 0.5) is 5.69 Å². The first-order valence-electron chi connectivity index (χ1n) is 6.31. The third kappa shape index (κ3) is 4.27. The minimum absolute atomic E-state index is 0.319. The van der Waals surface area contributed by atoms with E-state index in [4.69, 9.17) is 15.7 Å². The Labute approximate surface area is 109 Å². The van der Waals surface area contributed by atoms with Crippen molar-refractivity contribution in [2.75, 3.05) is 32.0 Å². The molecule has 0 unspecified atom stereocenters. The Morgan fingerprint density at radius 2 is 2.06 bits per heavy atom. The van der Waals surface area contributed by atoms with Gasteiger partial charge in [0.15, 0.2) is 0 Å². The molecule has 98 valence electrons. The van der Waals surface area contributed by atoms with Gasteiger partial charge >= 0.3 is 0 Å². The predicted molar refractivity (Wildman–Crippen MR) is 73.5 cm³/mol. The molecule has 1 aromatic carbocycles. The number of ether oxygens (including phenoxy) is 1. The molecule has 0 heterocycles. The molecule has 0 saturated heterocycles. The zero-order valence-electron chi connectivity index (χ0n) is 11.1. The van der Waals surface area contributed by atoms with E-state index in [1.54, 1.807) is 6.07 Å². The smallest absolute Gasteiger partial charge is 0.119 e. The summed E-state index contributed by atoms with van der Waals surface area (Å²) >= 11 is 0. The molecule has 0 saturated carbocycles. The zero-order valence-corrected chi connectivity index (χ0v) is 11.1. The van der Waals surface area contributed by atoms with Crippen LogP contribution >= 0.6 is 0 Å². The fraction of sp³-hybridized carbons (Fsp3) is 0.500. The summed E-state index contributed by atoms with van der Waals surface area (Å²) in [5.41, 5.74) is 7.26. The first kappa shape index (κ1) is 14.3. The predicted octanol–water partition coefficient (Wildman–Crippen LogP) is 2.06. The number of benzene rings is 1. The van der Waals surface area contributed by atoms with E-state index in [1.807, 2.05) is 12.1 Å². The molecular weight excluding hydrogens is 226 g/mol. The average Bonchev–Trinajstić information content (AvgIpc) is 2.38. The third-order valence-electron chi connectivity index (χ3n) is 2.95. The van der Waals surface area contributed by atoms with Crippen LogP contribution in [0.3, 0.4) is 0 Å². The lowest BCUT2D eigenvalue weighted by Gasteiger charge is -2.18. The van der Waals surface area contributed by atoms with Crippen LogP contribution in [0.15, 0.2) is 18.2 Å². The van der Waals surface area contributed by atoms with Crippen molar-refractivity contribution in [3.63, 3.8) is 0 Å². The van der Waals surface area contributed by atoms with Crippen LogP contribution in [-0.4, -0.2) is 31.1 Å². The number of nitriles is 1. The van der Waals surface area contributed by atoms with Crippen LogP contribution in [0.1, 0.15) is 19.4 Å². The van der Waals surface area contributed by atoms with Gasteiger partial charge in [-0.1, -0.05) is 13.8 Å². The Morgan fingerprint density at radius 3 is 2.67 bits per heavy atom. The monoisotopic (exact) mass is 247 g/mol. The van der Waals surface area contributed by atoms with E-state index >= 15 is 0 Å². The number of anilines is 1. The van der Waals surface area contributed by atoms with Crippen molar-refractivity contribution < 1.29 is 4.74 Å². The van der Waals surface area contributed by atoms with E-state index in [1.165, 1.54) is 0 Å². The molecule has 0 amide bonds. The molecule has 0 atom stereocenters. The number of hydrogen-bond acceptors (Lipinski definition) is 4. The SMILES string of the molecule is CCN(CC)CCOc1ccc(N)c(CC#N)c1. The molecular formula is C14H21N3O. The van der Waals surface area contributed by atoms with Gasteiger partial charge in [0, 0.05) is 12.2 Å². The molecule has 0 aliphatic heterocycles.